The molecule has 20 heavy (non-hydrogen) atoms. The molecular weight excluding hydrogens is 248 g/mol. The molecule has 0 spiro atoms. The molecule has 4 unspecified atom stereocenters. The van der Waals surface area contributed by atoms with Crippen LogP contribution in [0.1, 0.15) is 72.6 Å². The smallest absolute Gasteiger partial charge is 0.241 e. The van der Waals surface area contributed by atoms with Gasteiger partial charge in [0.1, 0.15) is 0 Å². The van der Waals surface area contributed by atoms with Gasteiger partial charge in [0, 0.05) is 6.04 Å². The second-order valence-electron chi connectivity index (χ2n) is 7.32. The van der Waals surface area contributed by atoms with E-state index in [1.165, 1.54) is 25.7 Å². The molecule has 1 saturated carbocycles. The van der Waals surface area contributed by atoms with E-state index >= 15 is 0 Å². The number of carbonyl (C=O) groups excluding carboxylic acids is 1. The summed E-state index contributed by atoms with van der Waals surface area (Å²) in [6.07, 6.45) is 8.41. The lowest BCUT2D eigenvalue weighted by Crippen LogP contribution is -2.47. The molecule has 0 bridgehead atoms. The Morgan fingerprint density at radius 2 is 2.10 bits per heavy atom. The van der Waals surface area contributed by atoms with Crippen LogP contribution >= 0.6 is 0 Å². The van der Waals surface area contributed by atoms with Crippen molar-refractivity contribution in [1.82, 2.24) is 10.2 Å². The summed E-state index contributed by atoms with van der Waals surface area (Å²) in [5, 5.41) is 3.61. The number of amides is 1. The summed E-state index contributed by atoms with van der Waals surface area (Å²) in [6.45, 7) is 9.00. The number of nitrogens with one attached hydrogen (secondary N) is 1. The third-order valence-corrected chi connectivity index (χ3v) is 4.86. The third kappa shape index (κ3) is 3.55. The molecule has 2 rings (SSSR count). The molecule has 0 radical (unpaired) electrons. The fraction of sp³-hybridized carbons (Fsp3) is 0.941. The quantitative estimate of drug-likeness (QED) is 0.835. The molecule has 1 N–H and O–H groups in total. The highest BCUT2D eigenvalue weighted by molar-refractivity contribution is 5.84. The van der Waals surface area contributed by atoms with Crippen LogP contribution in [-0.2, 0) is 4.79 Å². The van der Waals surface area contributed by atoms with Gasteiger partial charge in [-0.15, -0.1) is 0 Å². The Morgan fingerprint density at radius 1 is 1.35 bits per heavy atom. The van der Waals surface area contributed by atoms with Crippen LogP contribution < -0.4 is 5.32 Å². The maximum Gasteiger partial charge on any atom is 0.241 e. The van der Waals surface area contributed by atoms with Gasteiger partial charge in [-0.3, -0.25) is 10.1 Å². The molecule has 1 amide bonds. The van der Waals surface area contributed by atoms with Crippen LogP contribution in [0.15, 0.2) is 0 Å². The SMILES string of the molecule is CCCC1NC(CC(C)C)N(C2CCCC(C)C2)C1=O. The van der Waals surface area contributed by atoms with E-state index in [0.717, 1.165) is 25.2 Å². The maximum absolute atomic E-state index is 12.8. The van der Waals surface area contributed by atoms with Gasteiger partial charge in [0.2, 0.25) is 5.91 Å². The molecule has 1 aliphatic carbocycles. The summed E-state index contributed by atoms with van der Waals surface area (Å²) in [7, 11) is 0. The molecule has 3 heteroatoms. The lowest BCUT2D eigenvalue weighted by atomic mass is 9.85. The van der Waals surface area contributed by atoms with E-state index in [2.05, 4.69) is 37.9 Å². The van der Waals surface area contributed by atoms with Crippen LogP contribution in [0.3, 0.4) is 0 Å². The Balaban J connectivity index is 2.10. The van der Waals surface area contributed by atoms with E-state index in [-0.39, 0.29) is 12.2 Å². The van der Waals surface area contributed by atoms with Gasteiger partial charge in [-0.05, 0) is 37.5 Å². The fourth-order valence-corrected chi connectivity index (χ4v) is 3.93. The van der Waals surface area contributed by atoms with Crippen LogP contribution in [0.4, 0.5) is 0 Å². The first kappa shape index (κ1) is 15.8. The second-order valence-corrected chi connectivity index (χ2v) is 7.32. The average molecular weight is 280 g/mol. The minimum atomic E-state index is 0.0704. The molecule has 0 aromatic rings. The zero-order valence-corrected chi connectivity index (χ0v) is 13.7. The molecule has 0 aromatic carbocycles. The summed E-state index contributed by atoms with van der Waals surface area (Å²) in [4.78, 5) is 15.0. The number of rotatable bonds is 5. The molecule has 3 nitrogen and oxygen atoms in total. The molecule has 1 aliphatic heterocycles. The number of hydrogen-bond donors (Lipinski definition) is 1. The van der Waals surface area contributed by atoms with Crippen molar-refractivity contribution in [3.05, 3.63) is 0 Å². The van der Waals surface area contributed by atoms with Crippen molar-refractivity contribution in [1.29, 1.82) is 0 Å². The highest BCUT2D eigenvalue weighted by Crippen LogP contribution is 2.32. The molecule has 4 atom stereocenters. The zero-order valence-electron chi connectivity index (χ0n) is 13.7. The number of hydrogen-bond acceptors (Lipinski definition) is 2. The molecule has 116 valence electrons. The van der Waals surface area contributed by atoms with Crippen LogP contribution in [-0.4, -0.2) is 29.1 Å². The Hall–Kier alpha value is -0.570. The van der Waals surface area contributed by atoms with Gasteiger partial charge >= 0.3 is 0 Å². The van der Waals surface area contributed by atoms with Gasteiger partial charge < -0.3 is 4.90 Å². The first-order valence-corrected chi connectivity index (χ1v) is 8.61. The average Bonchev–Trinajstić information content (AvgIpc) is 2.65. The van der Waals surface area contributed by atoms with Gasteiger partial charge in [0.05, 0.1) is 12.2 Å². The van der Waals surface area contributed by atoms with E-state index in [0.29, 0.717) is 17.9 Å². The van der Waals surface area contributed by atoms with Crippen LogP contribution in [0.5, 0.6) is 0 Å². The molecule has 1 heterocycles. The first-order valence-electron chi connectivity index (χ1n) is 8.61. The van der Waals surface area contributed by atoms with Crippen LogP contribution in [0, 0.1) is 11.8 Å². The normalized spacial score (nSPS) is 35.0. The Bertz CT molecular complexity index is 329. The second kappa shape index (κ2) is 6.93. The fourth-order valence-electron chi connectivity index (χ4n) is 3.93. The van der Waals surface area contributed by atoms with E-state index in [1.807, 2.05) is 0 Å². The Kier molecular flexibility index (Phi) is 5.48. The summed E-state index contributed by atoms with van der Waals surface area (Å²) in [5.41, 5.74) is 0. The highest BCUT2D eigenvalue weighted by atomic mass is 16.2. The van der Waals surface area contributed by atoms with Crippen LogP contribution in [0.25, 0.3) is 0 Å². The monoisotopic (exact) mass is 280 g/mol. The van der Waals surface area contributed by atoms with Crippen molar-refractivity contribution in [2.24, 2.45) is 11.8 Å². The van der Waals surface area contributed by atoms with Crippen molar-refractivity contribution in [2.45, 2.75) is 90.9 Å². The lowest BCUT2D eigenvalue weighted by Gasteiger charge is -2.38. The van der Waals surface area contributed by atoms with Gasteiger partial charge in [-0.1, -0.05) is 47.0 Å². The molecule has 2 aliphatic rings. The van der Waals surface area contributed by atoms with Gasteiger partial charge in [0.15, 0.2) is 0 Å². The highest BCUT2D eigenvalue weighted by Gasteiger charge is 2.42. The summed E-state index contributed by atoms with van der Waals surface area (Å²) in [5.74, 6) is 1.77. The number of carbonyl (C=O) groups is 1. The largest absolute Gasteiger partial charge is 0.323 e. The minimum Gasteiger partial charge on any atom is -0.323 e. The lowest BCUT2D eigenvalue weighted by molar-refractivity contribution is -0.133. The summed E-state index contributed by atoms with van der Waals surface area (Å²) < 4.78 is 0. The molecule has 2 fully saturated rings. The molecular formula is C17H32N2O. The van der Waals surface area contributed by atoms with E-state index in [9.17, 15) is 4.79 Å². The Morgan fingerprint density at radius 3 is 2.70 bits per heavy atom. The summed E-state index contributed by atoms with van der Waals surface area (Å²) in [6, 6.07) is 0.547. The van der Waals surface area contributed by atoms with E-state index < -0.39 is 0 Å². The van der Waals surface area contributed by atoms with Crippen LogP contribution in [0.2, 0.25) is 0 Å². The topological polar surface area (TPSA) is 32.3 Å². The van der Waals surface area contributed by atoms with E-state index in [1.54, 1.807) is 0 Å². The number of nitrogens with zero attached hydrogens (tertiary/aromatic N) is 1. The predicted octanol–water partition coefficient (Wildman–Crippen LogP) is 3.54. The van der Waals surface area contributed by atoms with Crippen molar-refractivity contribution in [2.75, 3.05) is 0 Å². The van der Waals surface area contributed by atoms with Crippen molar-refractivity contribution in [3.63, 3.8) is 0 Å². The Labute approximate surface area is 124 Å². The minimum absolute atomic E-state index is 0.0704. The predicted molar refractivity (Wildman–Crippen MR) is 83.3 cm³/mol. The van der Waals surface area contributed by atoms with Crippen molar-refractivity contribution >= 4 is 5.91 Å². The molecule has 1 saturated heterocycles. The first-order chi connectivity index (χ1) is 9.52. The third-order valence-electron chi connectivity index (χ3n) is 4.86. The summed E-state index contributed by atoms with van der Waals surface area (Å²) >= 11 is 0. The van der Waals surface area contributed by atoms with E-state index in [4.69, 9.17) is 0 Å². The molecule has 0 aromatic heterocycles. The van der Waals surface area contributed by atoms with Gasteiger partial charge in [0.25, 0.3) is 0 Å². The maximum atomic E-state index is 12.8. The van der Waals surface area contributed by atoms with Crippen molar-refractivity contribution < 1.29 is 4.79 Å². The standard InChI is InChI=1S/C17H32N2O/c1-5-7-15-17(20)19(16(18-15)10-12(2)3)14-9-6-8-13(4)11-14/h12-16,18H,5-11H2,1-4H3. The van der Waals surface area contributed by atoms with Gasteiger partial charge in [-0.2, -0.15) is 0 Å². The zero-order chi connectivity index (χ0) is 14.7. The van der Waals surface area contributed by atoms with Gasteiger partial charge in [-0.25, -0.2) is 0 Å². The van der Waals surface area contributed by atoms with Crippen molar-refractivity contribution in [3.8, 4) is 0 Å².